The summed E-state index contributed by atoms with van der Waals surface area (Å²) in [6.07, 6.45) is 4.56. The van der Waals surface area contributed by atoms with E-state index in [9.17, 15) is 5.26 Å². The molecule has 2 N–H and O–H groups in total. The highest BCUT2D eigenvalue weighted by atomic mass is 16.5. The summed E-state index contributed by atoms with van der Waals surface area (Å²) in [5.41, 5.74) is 8.51. The number of nitriles is 1. The van der Waals surface area contributed by atoms with E-state index in [1.807, 2.05) is 19.1 Å². The van der Waals surface area contributed by atoms with E-state index in [4.69, 9.17) is 4.74 Å². The molecule has 0 atom stereocenters. The fourth-order valence-electron chi connectivity index (χ4n) is 3.04. The van der Waals surface area contributed by atoms with Crippen LogP contribution in [0.25, 0.3) is 0 Å². The first-order valence-corrected chi connectivity index (χ1v) is 7.93. The summed E-state index contributed by atoms with van der Waals surface area (Å²) in [5, 5.41) is 9.38. The molecule has 1 aromatic rings. The number of nitrogens with zero attached hydrogens (tertiary/aromatic N) is 1. The van der Waals surface area contributed by atoms with E-state index in [-0.39, 0.29) is 0 Å². The van der Waals surface area contributed by atoms with Crippen molar-refractivity contribution >= 4 is 0 Å². The Morgan fingerprint density at radius 2 is 2.00 bits per heavy atom. The summed E-state index contributed by atoms with van der Waals surface area (Å²) in [6.45, 7) is 5.62. The predicted molar refractivity (Wildman–Crippen MR) is 84.1 cm³/mol. The van der Waals surface area contributed by atoms with Crippen LogP contribution in [0.4, 0.5) is 0 Å². The molecule has 1 aliphatic carbocycles. The first-order valence-electron chi connectivity index (χ1n) is 7.93. The minimum absolute atomic E-state index is 0.495. The third-order valence-corrected chi connectivity index (χ3v) is 4.11. The quantitative estimate of drug-likeness (QED) is 0.789. The summed E-state index contributed by atoms with van der Waals surface area (Å²) in [4.78, 5) is 0. The van der Waals surface area contributed by atoms with Gasteiger partial charge in [0.05, 0.1) is 18.2 Å². The molecule has 0 aliphatic heterocycles. The van der Waals surface area contributed by atoms with E-state index in [2.05, 4.69) is 29.9 Å². The molecule has 0 unspecified atom stereocenters. The van der Waals surface area contributed by atoms with Gasteiger partial charge in [-0.25, -0.2) is 0 Å². The van der Waals surface area contributed by atoms with E-state index in [0.717, 1.165) is 43.5 Å². The highest BCUT2D eigenvalue weighted by Gasteiger charge is 2.24. The average molecular weight is 287 g/mol. The van der Waals surface area contributed by atoms with Crippen LogP contribution in [-0.2, 0) is 0 Å². The van der Waals surface area contributed by atoms with Crippen LogP contribution in [-0.4, -0.2) is 19.2 Å². The second-order valence-electron chi connectivity index (χ2n) is 5.52. The highest BCUT2D eigenvalue weighted by molar-refractivity contribution is 5.45. The minimum Gasteiger partial charge on any atom is -0.494 e. The summed E-state index contributed by atoms with van der Waals surface area (Å²) >= 11 is 0. The SMILES string of the molecule is CCNNC1CCC(c2ccc(OCC)cc2C#N)CC1. The van der Waals surface area contributed by atoms with Crippen molar-refractivity contribution in [2.45, 2.75) is 51.5 Å². The highest BCUT2D eigenvalue weighted by Crippen LogP contribution is 2.35. The van der Waals surface area contributed by atoms with E-state index in [0.29, 0.717) is 18.6 Å². The Morgan fingerprint density at radius 3 is 2.62 bits per heavy atom. The van der Waals surface area contributed by atoms with Gasteiger partial charge >= 0.3 is 0 Å². The lowest BCUT2D eigenvalue weighted by atomic mass is 9.80. The molecule has 1 saturated carbocycles. The number of ether oxygens (including phenoxy) is 1. The molecule has 21 heavy (non-hydrogen) atoms. The second kappa shape index (κ2) is 8.02. The lowest BCUT2D eigenvalue weighted by Crippen LogP contribution is -2.42. The lowest BCUT2D eigenvalue weighted by Gasteiger charge is -2.30. The van der Waals surface area contributed by atoms with Crippen LogP contribution in [0.3, 0.4) is 0 Å². The van der Waals surface area contributed by atoms with Crippen LogP contribution < -0.4 is 15.6 Å². The van der Waals surface area contributed by atoms with Gasteiger partial charge in [-0.3, -0.25) is 10.9 Å². The van der Waals surface area contributed by atoms with Gasteiger partial charge in [-0.15, -0.1) is 0 Å². The maximum absolute atomic E-state index is 9.38. The Hall–Kier alpha value is -1.57. The fraction of sp³-hybridized carbons (Fsp3) is 0.588. The third-order valence-electron chi connectivity index (χ3n) is 4.11. The zero-order chi connectivity index (χ0) is 15.1. The number of nitrogens with one attached hydrogen (secondary N) is 2. The van der Waals surface area contributed by atoms with Crippen molar-refractivity contribution in [1.82, 2.24) is 10.9 Å². The molecule has 0 saturated heterocycles. The monoisotopic (exact) mass is 287 g/mol. The van der Waals surface area contributed by atoms with Gasteiger partial charge in [0.25, 0.3) is 0 Å². The molecule has 0 aromatic heterocycles. The molecule has 1 aromatic carbocycles. The van der Waals surface area contributed by atoms with Gasteiger partial charge in [0.1, 0.15) is 5.75 Å². The second-order valence-corrected chi connectivity index (χ2v) is 5.52. The Labute approximate surface area is 127 Å². The first kappa shape index (κ1) is 15.8. The smallest absolute Gasteiger partial charge is 0.120 e. The van der Waals surface area contributed by atoms with E-state index in [1.54, 1.807) is 0 Å². The van der Waals surface area contributed by atoms with Crippen LogP contribution in [0.2, 0.25) is 0 Å². The zero-order valence-electron chi connectivity index (χ0n) is 13.0. The fourth-order valence-corrected chi connectivity index (χ4v) is 3.04. The molecular formula is C17H25N3O. The van der Waals surface area contributed by atoms with Gasteiger partial charge in [0.15, 0.2) is 0 Å². The standard InChI is InChI=1S/C17H25N3O/c1-3-19-20-15-7-5-13(6-8-15)17-10-9-16(21-4-2)11-14(17)12-18/h9-11,13,15,19-20H,3-8H2,1-2H3. The van der Waals surface area contributed by atoms with Crippen LogP contribution >= 0.6 is 0 Å². The largest absolute Gasteiger partial charge is 0.494 e. The molecule has 0 amide bonds. The summed E-state index contributed by atoms with van der Waals surface area (Å²) in [6, 6.07) is 8.82. The van der Waals surface area contributed by atoms with E-state index >= 15 is 0 Å². The molecule has 114 valence electrons. The summed E-state index contributed by atoms with van der Waals surface area (Å²) in [5.74, 6) is 1.29. The number of hydrogen-bond acceptors (Lipinski definition) is 4. The Kier molecular flexibility index (Phi) is 6.04. The Bertz CT molecular complexity index is 487. The maximum Gasteiger partial charge on any atom is 0.120 e. The topological polar surface area (TPSA) is 57.1 Å². The number of rotatable bonds is 6. The molecule has 4 heteroatoms. The van der Waals surface area contributed by atoms with Gasteiger partial charge in [-0.2, -0.15) is 5.26 Å². The van der Waals surface area contributed by atoms with Gasteiger partial charge in [0.2, 0.25) is 0 Å². The van der Waals surface area contributed by atoms with Crippen molar-refractivity contribution in [1.29, 1.82) is 5.26 Å². The first-order chi connectivity index (χ1) is 10.3. The molecule has 0 bridgehead atoms. The van der Waals surface area contributed by atoms with Gasteiger partial charge in [0, 0.05) is 12.6 Å². The molecule has 2 rings (SSSR count). The molecule has 4 nitrogen and oxygen atoms in total. The number of benzene rings is 1. The van der Waals surface area contributed by atoms with E-state index < -0.39 is 0 Å². The van der Waals surface area contributed by atoms with Crippen molar-refractivity contribution < 1.29 is 4.74 Å². The molecule has 1 fully saturated rings. The molecule has 0 heterocycles. The average Bonchev–Trinajstić information content (AvgIpc) is 2.53. The Morgan fingerprint density at radius 1 is 1.24 bits per heavy atom. The van der Waals surface area contributed by atoms with Crippen LogP contribution in [0, 0.1) is 11.3 Å². The van der Waals surface area contributed by atoms with Crippen LogP contribution in [0.1, 0.15) is 56.6 Å². The predicted octanol–water partition coefficient (Wildman–Crippen LogP) is 3.10. The normalized spacial score (nSPS) is 21.8. The molecule has 0 radical (unpaired) electrons. The molecular weight excluding hydrogens is 262 g/mol. The molecule has 1 aliphatic rings. The lowest BCUT2D eigenvalue weighted by molar-refractivity contribution is 0.314. The van der Waals surface area contributed by atoms with Crippen LogP contribution in [0.5, 0.6) is 5.75 Å². The third kappa shape index (κ3) is 4.20. The van der Waals surface area contributed by atoms with Crippen LogP contribution in [0.15, 0.2) is 18.2 Å². The van der Waals surface area contributed by atoms with Crippen molar-refractivity contribution in [3.8, 4) is 11.8 Å². The maximum atomic E-state index is 9.38. The number of hydrazine groups is 1. The number of hydrogen-bond donors (Lipinski definition) is 2. The van der Waals surface area contributed by atoms with Crippen molar-refractivity contribution in [2.75, 3.05) is 13.2 Å². The molecule has 0 spiro atoms. The van der Waals surface area contributed by atoms with Crippen molar-refractivity contribution in [3.05, 3.63) is 29.3 Å². The zero-order valence-corrected chi connectivity index (χ0v) is 13.0. The van der Waals surface area contributed by atoms with Crippen molar-refractivity contribution in [3.63, 3.8) is 0 Å². The van der Waals surface area contributed by atoms with Gasteiger partial charge < -0.3 is 4.74 Å². The Balaban J connectivity index is 2.01. The summed E-state index contributed by atoms with van der Waals surface area (Å²) in [7, 11) is 0. The summed E-state index contributed by atoms with van der Waals surface area (Å²) < 4.78 is 5.48. The van der Waals surface area contributed by atoms with Crippen molar-refractivity contribution in [2.24, 2.45) is 0 Å². The van der Waals surface area contributed by atoms with E-state index in [1.165, 1.54) is 5.56 Å². The van der Waals surface area contributed by atoms with Gasteiger partial charge in [-0.05, 0) is 56.2 Å². The van der Waals surface area contributed by atoms with Gasteiger partial charge in [-0.1, -0.05) is 13.0 Å². The minimum atomic E-state index is 0.495.